The van der Waals surface area contributed by atoms with Crippen LogP contribution in [0.3, 0.4) is 0 Å². The number of sulfone groups is 1. The molecule has 3 aromatic rings. The number of carbonyl (C=O) groups excluding carboxylic acids is 1. The molecule has 9 heteroatoms. The zero-order valence-corrected chi connectivity index (χ0v) is 15.4. The highest BCUT2D eigenvalue weighted by molar-refractivity contribution is 7.90. The Balaban J connectivity index is 1.73. The maximum atomic E-state index is 12.3. The Morgan fingerprint density at radius 1 is 1.15 bits per heavy atom. The molecule has 0 unspecified atom stereocenters. The molecule has 1 aromatic heterocycles. The van der Waals surface area contributed by atoms with Gasteiger partial charge in [0.2, 0.25) is 5.82 Å². The minimum atomic E-state index is -3.56. The van der Waals surface area contributed by atoms with Gasteiger partial charge in [0.1, 0.15) is 5.75 Å². The minimum Gasteiger partial charge on any atom is -0.497 e. The van der Waals surface area contributed by atoms with Crippen LogP contribution >= 0.6 is 0 Å². The van der Waals surface area contributed by atoms with Crippen LogP contribution in [0.2, 0.25) is 0 Å². The molecule has 140 valence electrons. The molecule has 0 amide bonds. The highest BCUT2D eigenvalue weighted by Gasteiger charge is 2.20. The van der Waals surface area contributed by atoms with E-state index >= 15 is 0 Å². The summed E-state index contributed by atoms with van der Waals surface area (Å²) < 4.78 is 38.9. The van der Waals surface area contributed by atoms with E-state index in [0.29, 0.717) is 17.1 Å². The Morgan fingerprint density at radius 3 is 2.67 bits per heavy atom. The van der Waals surface area contributed by atoms with E-state index in [-0.39, 0.29) is 23.0 Å². The van der Waals surface area contributed by atoms with Gasteiger partial charge in [-0.1, -0.05) is 29.4 Å². The van der Waals surface area contributed by atoms with E-state index in [1.807, 2.05) is 0 Å². The summed E-state index contributed by atoms with van der Waals surface area (Å²) in [6.07, 6.45) is 1.03. The first-order valence-electron chi connectivity index (χ1n) is 7.81. The molecule has 0 aliphatic carbocycles. The van der Waals surface area contributed by atoms with Gasteiger partial charge in [0.15, 0.2) is 16.4 Å². The van der Waals surface area contributed by atoms with Crippen LogP contribution < -0.4 is 4.74 Å². The molecule has 0 spiro atoms. The molecule has 3 rings (SSSR count). The monoisotopic (exact) mass is 388 g/mol. The molecule has 0 N–H and O–H groups in total. The number of nitrogens with zero attached hydrogens (tertiary/aromatic N) is 2. The van der Waals surface area contributed by atoms with Crippen LogP contribution in [-0.4, -0.2) is 37.9 Å². The van der Waals surface area contributed by atoms with Gasteiger partial charge in [0.25, 0.3) is 5.89 Å². The summed E-state index contributed by atoms with van der Waals surface area (Å²) in [6.45, 7) is -0.284. The Labute approximate surface area is 155 Å². The maximum Gasteiger partial charge on any atom is 0.339 e. The lowest BCUT2D eigenvalue weighted by Gasteiger charge is -2.06. The number of ether oxygens (including phenoxy) is 2. The summed E-state index contributed by atoms with van der Waals surface area (Å²) in [4.78, 5) is 16.3. The van der Waals surface area contributed by atoms with E-state index in [0.717, 1.165) is 6.26 Å². The fourth-order valence-corrected chi connectivity index (χ4v) is 3.23. The number of carbonyl (C=O) groups is 1. The van der Waals surface area contributed by atoms with Crippen LogP contribution in [-0.2, 0) is 21.2 Å². The van der Waals surface area contributed by atoms with Gasteiger partial charge in [0.05, 0.1) is 17.6 Å². The third-order valence-electron chi connectivity index (χ3n) is 3.63. The quantitative estimate of drug-likeness (QED) is 0.593. The fourth-order valence-electron chi connectivity index (χ4n) is 2.36. The van der Waals surface area contributed by atoms with E-state index in [1.54, 1.807) is 37.4 Å². The van der Waals surface area contributed by atoms with E-state index in [9.17, 15) is 13.2 Å². The second-order valence-electron chi connectivity index (χ2n) is 5.59. The lowest BCUT2D eigenvalue weighted by Crippen LogP contribution is -2.11. The van der Waals surface area contributed by atoms with Gasteiger partial charge in [-0.15, -0.1) is 0 Å². The lowest BCUT2D eigenvalue weighted by molar-refractivity contribution is 0.0425. The molecule has 0 saturated carbocycles. The van der Waals surface area contributed by atoms with E-state index in [2.05, 4.69) is 10.1 Å². The van der Waals surface area contributed by atoms with Gasteiger partial charge >= 0.3 is 5.97 Å². The smallest absolute Gasteiger partial charge is 0.339 e. The predicted molar refractivity (Wildman–Crippen MR) is 95.0 cm³/mol. The van der Waals surface area contributed by atoms with Crippen molar-refractivity contribution in [2.24, 2.45) is 0 Å². The zero-order chi connectivity index (χ0) is 19.4. The van der Waals surface area contributed by atoms with E-state index < -0.39 is 15.8 Å². The van der Waals surface area contributed by atoms with Crippen molar-refractivity contribution in [3.63, 3.8) is 0 Å². The SMILES string of the molecule is COc1cccc(-c2noc(COC(=O)c3ccccc3S(C)(=O)=O)n2)c1. The topological polar surface area (TPSA) is 109 Å². The maximum absolute atomic E-state index is 12.3. The van der Waals surface area contributed by atoms with Gasteiger partial charge < -0.3 is 14.0 Å². The van der Waals surface area contributed by atoms with Crippen LogP contribution in [0, 0.1) is 0 Å². The van der Waals surface area contributed by atoms with E-state index in [4.69, 9.17) is 14.0 Å². The standard InChI is InChI=1S/C18H16N2O6S/c1-24-13-7-5-6-12(10-13)17-19-16(26-20-17)11-25-18(21)14-8-3-4-9-15(14)27(2,22)23/h3-10H,11H2,1-2H3. The number of aromatic nitrogens is 2. The highest BCUT2D eigenvalue weighted by atomic mass is 32.2. The predicted octanol–water partition coefficient (Wildman–Crippen LogP) is 2.51. The number of benzene rings is 2. The van der Waals surface area contributed by atoms with Crippen molar-refractivity contribution in [1.29, 1.82) is 0 Å². The lowest BCUT2D eigenvalue weighted by atomic mass is 10.2. The molecule has 0 aliphatic heterocycles. The molecule has 8 nitrogen and oxygen atoms in total. The fraction of sp³-hybridized carbons (Fsp3) is 0.167. The first-order valence-corrected chi connectivity index (χ1v) is 9.71. The van der Waals surface area contributed by atoms with Crippen molar-refractivity contribution >= 4 is 15.8 Å². The highest BCUT2D eigenvalue weighted by Crippen LogP contribution is 2.22. The molecular weight excluding hydrogens is 372 g/mol. The van der Waals surface area contributed by atoms with Gasteiger partial charge in [-0.05, 0) is 24.3 Å². The first-order chi connectivity index (χ1) is 12.9. The molecular formula is C18H16N2O6S. The Morgan fingerprint density at radius 2 is 1.93 bits per heavy atom. The minimum absolute atomic E-state index is 0.0486. The first kappa shape index (κ1) is 18.6. The van der Waals surface area contributed by atoms with Crippen molar-refractivity contribution < 1.29 is 27.2 Å². The number of hydrogen-bond acceptors (Lipinski definition) is 8. The Kier molecular flexibility index (Phi) is 5.22. The Hall–Kier alpha value is -3.20. The van der Waals surface area contributed by atoms with E-state index in [1.165, 1.54) is 18.2 Å². The van der Waals surface area contributed by atoms with Gasteiger partial charge in [-0.25, -0.2) is 13.2 Å². The second-order valence-corrected chi connectivity index (χ2v) is 7.57. The summed E-state index contributed by atoms with van der Waals surface area (Å²) >= 11 is 0. The van der Waals surface area contributed by atoms with Crippen molar-refractivity contribution in [3.8, 4) is 17.1 Å². The van der Waals surface area contributed by atoms with Crippen LogP contribution in [0.25, 0.3) is 11.4 Å². The molecule has 0 radical (unpaired) electrons. The van der Waals surface area contributed by atoms with Crippen molar-refractivity contribution in [3.05, 3.63) is 60.0 Å². The summed E-state index contributed by atoms with van der Waals surface area (Å²) in [6, 6.07) is 12.9. The van der Waals surface area contributed by atoms with Crippen molar-refractivity contribution in [2.45, 2.75) is 11.5 Å². The van der Waals surface area contributed by atoms with Crippen LogP contribution in [0.5, 0.6) is 5.75 Å². The normalized spacial score (nSPS) is 11.2. The van der Waals surface area contributed by atoms with Gasteiger partial charge in [-0.3, -0.25) is 0 Å². The molecule has 0 saturated heterocycles. The third kappa shape index (κ3) is 4.32. The molecule has 2 aromatic carbocycles. The zero-order valence-electron chi connectivity index (χ0n) is 14.6. The third-order valence-corrected chi connectivity index (χ3v) is 4.78. The van der Waals surface area contributed by atoms with Gasteiger partial charge in [0, 0.05) is 11.8 Å². The van der Waals surface area contributed by atoms with Crippen LogP contribution in [0.15, 0.2) is 57.9 Å². The molecule has 0 aliphatic rings. The summed E-state index contributed by atoms with van der Waals surface area (Å²) in [5.74, 6) is 0.245. The average Bonchev–Trinajstić information content (AvgIpc) is 3.14. The molecule has 0 atom stereocenters. The summed E-state index contributed by atoms with van der Waals surface area (Å²) in [7, 11) is -2.01. The average molecular weight is 388 g/mol. The largest absolute Gasteiger partial charge is 0.497 e. The van der Waals surface area contributed by atoms with Crippen LogP contribution in [0.4, 0.5) is 0 Å². The number of esters is 1. The number of methoxy groups -OCH3 is 1. The summed E-state index contributed by atoms with van der Waals surface area (Å²) in [5.41, 5.74) is 0.630. The second kappa shape index (κ2) is 7.58. The molecule has 0 bridgehead atoms. The van der Waals surface area contributed by atoms with Crippen molar-refractivity contribution in [2.75, 3.05) is 13.4 Å². The molecule has 27 heavy (non-hydrogen) atoms. The molecule has 1 heterocycles. The summed E-state index contributed by atoms with van der Waals surface area (Å²) in [5, 5.41) is 3.84. The number of rotatable bonds is 6. The van der Waals surface area contributed by atoms with Crippen LogP contribution in [0.1, 0.15) is 16.2 Å². The Bertz CT molecular complexity index is 1070. The van der Waals surface area contributed by atoms with Crippen molar-refractivity contribution in [1.82, 2.24) is 10.1 Å². The van der Waals surface area contributed by atoms with Gasteiger partial charge in [-0.2, -0.15) is 4.98 Å². The molecule has 0 fully saturated rings. The number of hydrogen-bond donors (Lipinski definition) is 0.